The summed E-state index contributed by atoms with van der Waals surface area (Å²) in [5.74, 6) is 0.653. The van der Waals surface area contributed by atoms with E-state index < -0.39 is 0 Å². The molecule has 1 rings (SSSR count). The Kier molecular flexibility index (Phi) is 3.33. The standard InChI is InChI=1S/C12H18/c1-4-5-11-6-8-12(9-7-11)10(2)3/h6-10H,4-5H2,1-3H3. The highest BCUT2D eigenvalue weighted by Crippen LogP contribution is 2.15. The van der Waals surface area contributed by atoms with Gasteiger partial charge in [0.25, 0.3) is 0 Å². The summed E-state index contributed by atoms with van der Waals surface area (Å²) in [5.41, 5.74) is 2.90. The second-order valence-electron chi connectivity index (χ2n) is 3.65. The van der Waals surface area contributed by atoms with Gasteiger partial charge >= 0.3 is 0 Å². The van der Waals surface area contributed by atoms with Crippen molar-refractivity contribution in [3.8, 4) is 0 Å². The van der Waals surface area contributed by atoms with Gasteiger partial charge in [0.05, 0.1) is 0 Å². The SMILES string of the molecule is CCCc1ccc(C(C)C)cc1. The second kappa shape index (κ2) is 4.30. The molecule has 0 N–H and O–H groups in total. The smallest absolute Gasteiger partial charge is 0.0219 e. The van der Waals surface area contributed by atoms with Gasteiger partial charge in [0.2, 0.25) is 0 Å². The van der Waals surface area contributed by atoms with E-state index in [0.717, 1.165) is 0 Å². The minimum Gasteiger partial charge on any atom is -0.0651 e. The highest BCUT2D eigenvalue weighted by Gasteiger charge is 1.97. The third-order valence-electron chi connectivity index (χ3n) is 2.19. The maximum atomic E-state index is 2.25. The van der Waals surface area contributed by atoms with Gasteiger partial charge in [-0.05, 0) is 23.5 Å². The van der Waals surface area contributed by atoms with Crippen LogP contribution in [0.4, 0.5) is 0 Å². The maximum absolute atomic E-state index is 2.25. The van der Waals surface area contributed by atoms with Crippen LogP contribution in [0.15, 0.2) is 24.3 Å². The van der Waals surface area contributed by atoms with Crippen molar-refractivity contribution in [3.05, 3.63) is 35.4 Å². The van der Waals surface area contributed by atoms with Crippen LogP contribution in [0, 0.1) is 0 Å². The van der Waals surface area contributed by atoms with Gasteiger partial charge in [-0.3, -0.25) is 0 Å². The van der Waals surface area contributed by atoms with Gasteiger partial charge in [-0.2, -0.15) is 0 Å². The molecule has 0 aliphatic rings. The Morgan fingerprint density at radius 3 is 2.08 bits per heavy atom. The summed E-state index contributed by atoms with van der Waals surface area (Å²) in [6, 6.07) is 8.99. The average molecular weight is 162 g/mol. The van der Waals surface area contributed by atoms with E-state index in [1.165, 1.54) is 24.0 Å². The molecular weight excluding hydrogens is 144 g/mol. The van der Waals surface area contributed by atoms with E-state index in [9.17, 15) is 0 Å². The lowest BCUT2D eigenvalue weighted by atomic mass is 10.0. The normalized spacial score (nSPS) is 10.7. The Bertz CT molecular complexity index is 218. The monoisotopic (exact) mass is 162 g/mol. The molecule has 0 heteroatoms. The summed E-state index contributed by atoms with van der Waals surface area (Å²) >= 11 is 0. The van der Waals surface area contributed by atoms with Gasteiger partial charge in [0, 0.05) is 0 Å². The van der Waals surface area contributed by atoms with Gasteiger partial charge in [-0.1, -0.05) is 51.5 Å². The predicted octanol–water partition coefficient (Wildman–Crippen LogP) is 3.76. The molecule has 66 valence electrons. The molecule has 0 saturated heterocycles. The molecule has 0 nitrogen and oxygen atoms in total. The van der Waals surface area contributed by atoms with Crippen molar-refractivity contribution in [1.82, 2.24) is 0 Å². The maximum Gasteiger partial charge on any atom is -0.0219 e. The first-order chi connectivity index (χ1) is 5.74. The summed E-state index contributed by atoms with van der Waals surface area (Å²) in [7, 11) is 0. The van der Waals surface area contributed by atoms with Crippen LogP contribution in [0.3, 0.4) is 0 Å². The molecule has 0 saturated carbocycles. The van der Waals surface area contributed by atoms with Gasteiger partial charge in [-0.25, -0.2) is 0 Å². The van der Waals surface area contributed by atoms with Crippen LogP contribution in [-0.4, -0.2) is 0 Å². The van der Waals surface area contributed by atoms with Gasteiger partial charge in [0.15, 0.2) is 0 Å². The molecule has 0 fully saturated rings. The lowest BCUT2D eigenvalue weighted by Gasteiger charge is -2.05. The second-order valence-corrected chi connectivity index (χ2v) is 3.65. The quantitative estimate of drug-likeness (QED) is 0.634. The van der Waals surface area contributed by atoms with Crippen molar-refractivity contribution < 1.29 is 0 Å². The van der Waals surface area contributed by atoms with Gasteiger partial charge in [-0.15, -0.1) is 0 Å². The Labute approximate surface area is 75.6 Å². The van der Waals surface area contributed by atoms with E-state index in [4.69, 9.17) is 0 Å². The molecule has 0 atom stereocenters. The fourth-order valence-electron chi connectivity index (χ4n) is 1.36. The first kappa shape index (κ1) is 9.31. The van der Waals surface area contributed by atoms with Crippen molar-refractivity contribution in [3.63, 3.8) is 0 Å². The number of benzene rings is 1. The van der Waals surface area contributed by atoms with Crippen LogP contribution in [0.1, 0.15) is 44.2 Å². The fraction of sp³-hybridized carbons (Fsp3) is 0.500. The van der Waals surface area contributed by atoms with E-state index in [2.05, 4.69) is 45.0 Å². The predicted molar refractivity (Wildman–Crippen MR) is 54.5 cm³/mol. The van der Waals surface area contributed by atoms with Gasteiger partial charge in [0.1, 0.15) is 0 Å². The fourth-order valence-corrected chi connectivity index (χ4v) is 1.36. The van der Waals surface area contributed by atoms with E-state index in [1.807, 2.05) is 0 Å². The summed E-state index contributed by atoms with van der Waals surface area (Å²) in [6.45, 7) is 6.68. The zero-order valence-corrected chi connectivity index (χ0v) is 8.30. The van der Waals surface area contributed by atoms with E-state index >= 15 is 0 Å². The van der Waals surface area contributed by atoms with E-state index in [-0.39, 0.29) is 0 Å². The minimum atomic E-state index is 0.653. The topological polar surface area (TPSA) is 0 Å². The van der Waals surface area contributed by atoms with Crippen LogP contribution in [0.25, 0.3) is 0 Å². The van der Waals surface area contributed by atoms with Crippen LogP contribution in [0.5, 0.6) is 0 Å². The molecule has 0 aromatic heterocycles. The Morgan fingerprint density at radius 1 is 1.08 bits per heavy atom. The summed E-state index contributed by atoms with van der Waals surface area (Å²) in [5, 5.41) is 0. The Balaban J connectivity index is 2.71. The largest absolute Gasteiger partial charge is 0.0651 e. The molecule has 0 radical (unpaired) electrons. The third-order valence-corrected chi connectivity index (χ3v) is 2.19. The first-order valence-electron chi connectivity index (χ1n) is 4.83. The van der Waals surface area contributed by atoms with Crippen molar-refractivity contribution in [2.45, 2.75) is 39.5 Å². The molecular formula is C12H18. The lowest BCUT2D eigenvalue weighted by molar-refractivity contribution is 0.861. The molecule has 12 heavy (non-hydrogen) atoms. The highest BCUT2D eigenvalue weighted by molar-refractivity contribution is 5.24. The third kappa shape index (κ3) is 2.37. The van der Waals surface area contributed by atoms with Crippen molar-refractivity contribution >= 4 is 0 Å². The van der Waals surface area contributed by atoms with Gasteiger partial charge < -0.3 is 0 Å². The average Bonchev–Trinajstić information content (AvgIpc) is 2.06. The molecule has 0 aliphatic heterocycles. The van der Waals surface area contributed by atoms with Crippen molar-refractivity contribution in [2.75, 3.05) is 0 Å². The molecule has 0 bridgehead atoms. The summed E-state index contributed by atoms with van der Waals surface area (Å²) in [6.07, 6.45) is 2.44. The van der Waals surface area contributed by atoms with Crippen molar-refractivity contribution in [1.29, 1.82) is 0 Å². The molecule has 0 heterocycles. The van der Waals surface area contributed by atoms with Crippen LogP contribution in [0.2, 0.25) is 0 Å². The Hall–Kier alpha value is -0.780. The lowest BCUT2D eigenvalue weighted by Crippen LogP contribution is -1.88. The molecule has 1 aromatic carbocycles. The number of hydrogen-bond acceptors (Lipinski definition) is 0. The first-order valence-corrected chi connectivity index (χ1v) is 4.83. The van der Waals surface area contributed by atoms with Crippen LogP contribution >= 0.6 is 0 Å². The minimum absolute atomic E-state index is 0.653. The molecule has 0 amide bonds. The van der Waals surface area contributed by atoms with Crippen LogP contribution in [-0.2, 0) is 6.42 Å². The number of hydrogen-bond donors (Lipinski definition) is 0. The van der Waals surface area contributed by atoms with Crippen molar-refractivity contribution in [2.24, 2.45) is 0 Å². The zero-order valence-electron chi connectivity index (χ0n) is 8.30. The molecule has 0 aliphatic carbocycles. The number of rotatable bonds is 3. The molecule has 1 aromatic rings. The highest BCUT2D eigenvalue weighted by atomic mass is 14.0. The van der Waals surface area contributed by atoms with Crippen LogP contribution < -0.4 is 0 Å². The van der Waals surface area contributed by atoms with E-state index in [0.29, 0.717) is 5.92 Å². The molecule has 0 unspecified atom stereocenters. The molecule has 0 spiro atoms. The zero-order chi connectivity index (χ0) is 8.97. The number of aryl methyl sites for hydroxylation is 1. The van der Waals surface area contributed by atoms with E-state index in [1.54, 1.807) is 0 Å². The summed E-state index contributed by atoms with van der Waals surface area (Å²) < 4.78 is 0. The summed E-state index contributed by atoms with van der Waals surface area (Å²) in [4.78, 5) is 0. The Morgan fingerprint density at radius 2 is 1.67 bits per heavy atom.